The van der Waals surface area contributed by atoms with Crippen LogP contribution in [0.25, 0.3) is 32.6 Å². The van der Waals surface area contributed by atoms with Gasteiger partial charge in [-0.2, -0.15) is 0 Å². The molecule has 4 nitrogen and oxygen atoms in total. The molecule has 26 heavy (non-hydrogen) atoms. The minimum absolute atomic E-state index is 0.482. The number of nitrogens with zero attached hydrogens (tertiary/aromatic N) is 2. The molecule has 1 fully saturated rings. The van der Waals surface area contributed by atoms with Crippen LogP contribution in [0.15, 0.2) is 42.7 Å². The molecule has 4 heteroatoms. The molecule has 3 heterocycles. The molecule has 2 aromatic carbocycles. The van der Waals surface area contributed by atoms with Gasteiger partial charge in [0.15, 0.2) is 0 Å². The van der Waals surface area contributed by atoms with Gasteiger partial charge in [-0.1, -0.05) is 0 Å². The lowest BCUT2D eigenvalue weighted by atomic mass is 10.0. The Kier molecular flexibility index (Phi) is 3.61. The van der Waals surface area contributed by atoms with E-state index in [-0.39, 0.29) is 0 Å². The summed E-state index contributed by atoms with van der Waals surface area (Å²) in [7, 11) is 2.15. The second-order valence-electron chi connectivity index (χ2n) is 7.34. The van der Waals surface area contributed by atoms with Crippen LogP contribution in [0, 0.1) is 6.92 Å². The van der Waals surface area contributed by atoms with Crippen LogP contribution in [-0.4, -0.2) is 28.7 Å². The molecule has 1 aliphatic rings. The molecule has 5 rings (SSSR count). The molecule has 4 aromatic rings. The van der Waals surface area contributed by atoms with Gasteiger partial charge in [0.2, 0.25) is 0 Å². The number of aryl methyl sites for hydroxylation is 2. The number of ether oxygens (including phenoxy) is 1. The first kappa shape index (κ1) is 15.6. The first-order valence-corrected chi connectivity index (χ1v) is 9.34. The first-order chi connectivity index (χ1) is 12.7. The Morgan fingerprint density at radius 3 is 2.96 bits per heavy atom. The monoisotopic (exact) mass is 345 g/mol. The maximum absolute atomic E-state index is 6.09. The molecule has 0 amide bonds. The lowest BCUT2D eigenvalue weighted by Gasteiger charge is -2.12. The molecule has 2 aromatic heterocycles. The van der Waals surface area contributed by atoms with Crippen LogP contribution < -0.4 is 10.1 Å². The number of rotatable bonds is 3. The number of nitrogens with one attached hydrogen (secondary N) is 1. The molecule has 1 aliphatic heterocycles. The van der Waals surface area contributed by atoms with Crippen LogP contribution >= 0.6 is 0 Å². The Labute approximate surface area is 152 Å². The highest BCUT2D eigenvalue weighted by Gasteiger charge is 2.16. The van der Waals surface area contributed by atoms with Crippen molar-refractivity contribution in [2.45, 2.75) is 25.8 Å². The predicted octanol–water partition coefficient (Wildman–Crippen LogP) is 4.32. The van der Waals surface area contributed by atoms with Gasteiger partial charge < -0.3 is 14.6 Å². The molecular weight excluding hydrogens is 322 g/mol. The van der Waals surface area contributed by atoms with E-state index in [9.17, 15) is 0 Å². The Morgan fingerprint density at radius 1 is 1.19 bits per heavy atom. The van der Waals surface area contributed by atoms with Crippen molar-refractivity contribution in [3.8, 4) is 5.75 Å². The molecular formula is C22H23N3O. The van der Waals surface area contributed by atoms with Crippen molar-refractivity contribution in [2.24, 2.45) is 7.05 Å². The van der Waals surface area contributed by atoms with Gasteiger partial charge >= 0.3 is 0 Å². The van der Waals surface area contributed by atoms with E-state index in [0.29, 0.717) is 6.04 Å². The Morgan fingerprint density at radius 2 is 2.12 bits per heavy atom. The summed E-state index contributed by atoms with van der Waals surface area (Å²) < 4.78 is 8.38. The number of aromatic nitrogens is 2. The number of benzene rings is 2. The summed E-state index contributed by atoms with van der Waals surface area (Å²) in [5, 5.41) is 8.45. The standard InChI is InChI=1S/C22H23N3O/c1-14-18-7-9-23-12-15(18)10-20-19-11-17(26-13-16-4-3-8-24-16)5-6-21(19)25(2)22(14)20/h5-7,9-12,16,24H,3-4,8,13H2,1-2H3. The highest BCUT2D eigenvalue weighted by molar-refractivity contribution is 6.14. The van der Waals surface area contributed by atoms with E-state index >= 15 is 0 Å². The van der Waals surface area contributed by atoms with Gasteiger partial charge in [0.05, 0.1) is 5.52 Å². The van der Waals surface area contributed by atoms with E-state index in [0.717, 1.165) is 18.9 Å². The fraction of sp³-hybridized carbons (Fsp3) is 0.318. The molecule has 0 spiro atoms. The van der Waals surface area contributed by atoms with Crippen LogP contribution in [0.1, 0.15) is 18.4 Å². The summed E-state index contributed by atoms with van der Waals surface area (Å²) in [6, 6.07) is 11.3. The molecule has 0 radical (unpaired) electrons. The normalized spacial score (nSPS) is 17.5. The zero-order valence-corrected chi connectivity index (χ0v) is 15.2. The minimum atomic E-state index is 0.482. The maximum Gasteiger partial charge on any atom is 0.120 e. The number of fused-ring (bicyclic) bond motifs is 4. The van der Waals surface area contributed by atoms with Gasteiger partial charge in [-0.05, 0) is 67.6 Å². The van der Waals surface area contributed by atoms with Crippen LogP contribution in [0.3, 0.4) is 0 Å². The second kappa shape index (κ2) is 5.99. The topological polar surface area (TPSA) is 39.1 Å². The van der Waals surface area contributed by atoms with Crippen molar-refractivity contribution < 1.29 is 4.74 Å². The maximum atomic E-state index is 6.09. The van der Waals surface area contributed by atoms with Crippen molar-refractivity contribution in [1.29, 1.82) is 0 Å². The summed E-state index contributed by atoms with van der Waals surface area (Å²) in [6.45, 7) is 4.05. The third-order valence-corrected chi connectivity index (χ3v) is 5.73. The van der Waals surface area contributed by atoms with Gasteiger partial charge in [0.25, 0.3) is 0 Å². The lowest BCUT2D eigenvalue weighted by Crippen LogP contribution is -2.28. The molecule has 0 saturated carbocycles. The molecule has 0 aliphatic carbocycles. The number of hydrogen-bond donors (Lipinski definition) is 1. The van der Waals surface area contributed by atoms with E-state index in [2.05, 4.69) is 59.2 Å². The van der Waals surface area contributed by atoms with Crippen molar-refractivity contribution in [1.82, 2.24) is 14.9 Å². The molecule has 1 saturated heterocycles. The lowest BCUT2D eigenvalue weighted by molar-refractivity contribution is 0.277. The van der Waals surface area contributed by atoms with Crippen molar-refractivity contribution in [3.05, 3.63) is 48.3 Å². The highest BCUT2D eigenvalue weighted by atomic mass is 16.5. The Hall–Kier alpha value is -2.59. The second-order valence-corrected chi connectivity index (χ2v) is 7.34. The van der Waals surface area contributed by atoms with Gasteiger partial charge in [0.1, 0.15) is 12.4 Å². The van der Waals surface area contributed by atoms with Crippen LogP contribution in [0.5, 0.6) is 5.75 Å². The minimum Gasteiger partial charge on any atom is -0.492 e. The third-order valence-electron chi connectivity index (χ3n) is 5.73. The van der Waals surface area contributed by atoms with Crippen molar-refractivity contribution >= 4 is 32.6 Å². The zero-order valence-electron chi connectivity index (χ0n) is 15.2. The largest absolute Gasteiger partial charge is 0.492 e. The van der Waals surface area contributed by atoms with Gasteiger partial charge in [-0.25, -0.2) is 0 Å². The summed E-state index contributed by atoms with van der Waals surface area (Å²) in [5.74, 6) is 0.947. The summed E-state index contributed by atoms with van der Waals surface area (Å²) >= 11 is 0. The van der Waals surface area contributed by atoms with Gasteiger partial charge in [0, 0.05) is 47.2 Å². The summed E-state index contributed by atoms with van der Waals surface area (Å²) in [4.78, 5) is 4.30. The van der Waals surface area contributed by atoms with E-state index < -0.39 is 0 Å². The average molecular weight is 345 g/mol. The Balaban J connectivity index is 1.65. The van der Waals surface area contributed by atoms with E-state index in [1.165, 1.54) is 51.0 Å². The molecule has 132 valence electrons. The third kappa shape index (κ3) is 2.36. The van der Waals surface area contributed by atoms with Gasteiger partial charge in [-0.3, -0.25) is 4.98 Å². The Bertz CT molecular complexity index is 1120. The van der Waals surface area contributed by atoms with Crippen molar-refractivity contribution in [2.75, 3.05) is 13.2 Å². The molecule has 0 bridgehead atoms. The molecule has 1 atom stereocenters. The molecule has 1 unspecified atom stereocenters. The van der Waals surface area contributed by atoms with Crippen LogP contribution in [0.4, 0.5) is 0 Å². The van der Waals surface area contributed by atoms with E-state index in [1.54, 1.807) is 0 Å². The fourth-order valence-electron chi connectivity index (χ4n) is 4.38. The SMILES string of the molecule is Cc1c2ccncc2cc2c3cc(OCC4CCCN4)ccc3n(C)c12. The van der Waals surface area contributed by atoms with Crippen LogP contribution in [-0.2, 0) is 7.05 Å². The number of pyridine rings is 1. The number of hydrogen-bond acceptors (Lipinski definition) is 3. The smallest absolute Gasteiger partial charge is 0.120 e. The first-order valence-electron chi connectivity index (χ1n) is 9.34. The van der Waals surface area contributed by atoms with Gasteiger partial charge in [-0.15, -0.1) is 0 Å². The highest BCUT2D eigenvalue weighted by Crippen LogP contribution is 2.36. The van der Waals surface area contributed by atoms with E-state index in [4.69, 9.17) is 4.74 Å². The quantitative estimate of drug-likeness (QED) is 0.601. The van der Waals surface area contributed by atoms with E-state index in [1.807, 2.05) is 12.4 Å². The van der Waals surface area contributed by atoms with Crippen molar-refractivity contribution in [3.63, 3.8) is 0 Å². The summed E-state index contributed by atoms with van der Waals surface area (Å²) in [5.41, 5.74) is 3.82. The zero-order chi connectivity index (χ0) is 17.7. The average Bonchev–Trinajstić information content (AvgIpc) is 3.28. The summed E-state index contributed by atoms with van der Waals surface area (Å²) in [6.07, 6.45) is 6.27. The molecule has 1 N–H and O–H groups in total. The predicted molar refractivity (Wildman–Crippen MR) is 107 cm³/mol. The fourth-order valence-corrected chi connectivity index (χ4v) is 4.38. The van der Waals surface area contributed by atoms with Crippen LogP contribution in [0.2, 0.25) is 0 Å².